The number of esters is 1. The maximum absolute atomic E-state index is 12.8. The van der Waals surface area contributed by atoms with E-state index in [1.54, 1.807) is 37.3 Å². The lowest BCUT2D eigenvalue weighted by Crippen LogP contribution is -2.37. The van der Waals surface area contributed by atoms with Crippen molar-refractivity contribution < 1.29 is 23.9 Å². The number of fused-ring (bicyclic) bond motifs is 1. The van der Waals surface area contributed by atoms with Gasteiger partial charge in [-0.1, -0.05) is 18.2 Å². The molecule has 1 heterocycles. The molecule has 1 unspecified atom stereocenters. The summed E-state index contributed by atoms with van der Waals surface area (Å²) in [6.07, 6.45) is 0. The molecule has 7 nitrogen and oxygen atoms in total. The van der Waals surface area contributed by atoms with Crippen molar-refractivity contribution in [2.24, 2.45) is 0 Å². The number of amides is 2. The first kappa shape index (κ1) is 18.4. The summed E-state index contributed by atoms with van der Waals surface area (Å²) in [7, 11) is 0. The van der Waals surface area contributed by atoms with Crippen LogP contribution in [-0.2, 0) is 14.3 Å². The molecule has 0 bridgehead atoms. The number of hydrogen-bond donors (Lipinski definition) is 2. The highest BCUT2D eigenvalue weighted by molar-refractivity contribution is 5.99. The van der Waals surface area contributed by atoms with Crippen LogP contribution in [0.2, 0.25) is 0 Å². The molecule has 2 amide bonds. The number of anilines is 1. The number of para-hydroxylation sites is 1. The lowest BCUT2D eigenvalue weighted by molar-refractivity contribution is -0.127. The summed E-state index contributed by atoms with van der Waals surface area (Å²) in [6, 6.07) is 10.9. The van der Waals surface area contributed by atoms with E-state index in [4.69, 9.17) is 9.47 Å². The minimum Gasteiger partial charge on any atom is -0.483 e. The second-order valence-corrected chi connectivity index (χ2v) is 6.07. The molecule has 3 rings (SSSR count). The third kappa shape index (κ3) is 4.08. The van der Waals surface area contributed by atoms with Crippen molar-refractivity contribution in [2.75, 3.05) is 18.5 Å². The van der Waals surface area contributed by atoms with E-state index in [1.807, 2.05) is 19.1 Å². The van der Waals surface area contributed by atoms with Gasteiger partial charge in [0.2, 0.25) is 0 Å². The summed E-state index contributed by atoms with van der Waals surface area (Å²) in [5.74, 6) is -0.658. The fourth-order valence-corrected chi connectivity index (χ4v) is 2.84. The summed E-state index contributed by atoms with van der Waals surface area (Å²) < 4.78 is 10.5. The normalized spacial score (nSPS) is 15.6. The predicted molar refractivity (Wildman–Crippen MR) is 98.6 cm³/mol. The summed E-state index contributed by atoms with van der Waals surface area (Å²) in [5.41, 5.74) is 2.34. The molecule has 0 aliphatic carbocycles. The Kier molecular flexibility index (Phi) is 5.40. The molecule has 7 heteroatoms. The zero-order valence-corrected chi connectivity index (χ0v) is 15.1. The van der Waals surface area contributed by atoms with Gasteiger partial charge in [0.1, 0.15) is 11.8 Å². The van der Waals surface area contributed by atoms with Crippen molar-refractivity contribution >= 4 is 23.5 Å². The van der Waals surface area contributed by atoms with Crippen molar-refractivity contribution in [1.82, 2.24) is 5.32 Å². The van der Waals surface area contributed by atoms with Crippen molar-refractivity contribution in [3.8, 4) is 5.75 Å². The van der Waals surface area contributed by atoms with E-state index < -0.39 is 17.9 Å². The van der Waals surface area contributed by atoms with Gasteiger partial charge in [-0.25, -0.2) is 4.79 Å². The average Bonchev–Trinajstić information content (AvgIpc) is 2.82. The molecule has 2 N–H and O–H groups in total. The van der Waals surface area contributed by atoms with Crippen LogP contribution in [0.1, 0.15) is 34.5 Å². The number of carbonyl (C=O) groups is 3. The van der Waals surface area contributed by atoms with E-state index in [0.29, 0.717) is 29.2 Å². The molecule has 140 valence electrons. The molecule has 0 radical (unpaired) electrons. The van der Waals surface area contributed by atoms with Crippen LogP contribution in [-0.4, -0.2) is 31.0 Å². The van der Waals surface area contributed by atoms with Gasteiger partial charge in [-0.2, -0.15) is 0 Å². The average molecular weight is 368 g/mol. The fraction of sp³-hybridized carbons (Fsp3) is 0.250. The van der Waals surface area contributed by atoms with Gasteiger partial charge in [0.15, 0.2) is 6.61 Å². The Morgan fingerprint density at radius 3 is 2.67 bits per heavy atom. The number of hydrogen-bond acceptors (Lipinski definition) is 5. The molecule has 1 aliphatic rings. The Hall–Kier alpha value is -3.35. The first-order chi connectivity index (χ1) is 13.0. The van der Waals surface area contributed by atoms with E-state index >= 15 is 0 Å². The number of nitrogens with one attached hydrogen (secondary N) is 2. The van der Waals surface area contributed by atoms with Crippen LogP contribution in [0.4, 0.5) is 5.69 Å². The number of ether oxygens (including phenoxy) is 2. The SMILES string of the molecule is CCOC(=O)c1ccc(NC(=O)C2NC(=O)COc3c(C)cccc32)cc1. The van der Waals surface area contributed by atoms with Crippen molar-refractivity contribution in [3.63, 3.8) is 0 Å². The second-order valence-electron chi connectivity index (χ2n) is 6.07. The first-order valence-corrected chi connectivity index (χ1v) is 8.59. The Balaban J connectivity index is 1.80. The minimum atomic E-state index is -0.875. The lowest BCUT2D eigenvalue weighted by Gasteiger charge is -2.18. The number of benzene rings is 2. The molecule has 0 spiro atoms. The van der Waals surface area contributed by atoms with Crippen LogP contribution in [0.15, 0.2) is 42.5 Å². The smallest absolute Gasteiger partial charge is 0.338 e. The van der Waals surface area contributed by atoms with E-state index in [-0.39, 0.29) is 12.5 Å². The highest BCUT2D eigenvalue weighted by Crippen LogP contribution is 2.31. The van der Waals surface area contributed by atoms with Crippen LogP contribution in [0.3, 0.4) is 0 Å². The molecule has 1 atom stereocenters. The van der Waals surface area contributed by atoms with Crippen LogP contribution in [0.25, 0.3) is 0 Å². The van der Waals surface area contributed by atoms with Gasteiger partial charge >= 0.3 is 5.97 Å². The lowest BCUT2D eigenvalue weighted by atomic mass is 10.0. The molecule has 0 aromatic heterocycles. The monoisotopic (exact) mass is 368 g/mol. The third-order valence-electron chi connectivity index (χ3n) is 4.13. The van der Waals surface area contributed by atoms with Crippen LogP contribution in [0.5, 0.6) is 5.75 Å². The maximum atomic E-state index is 12.8. The quantitative estimate of drug-likeness (QED) is 0.808. The molecule has 0 saturated carbocycles. The molecule has 2 aromatic rings. The number of carbonyl (C=O) groups excluding carboxylic acids is 3. The number of aryl methyl sites for hydroxylation is 1. The molecular formula is C20H20N2O5. The Morgan fingerprint density at radius 1 is 1.22 bits per heavy atom. The summed E-state index contributed by atoms with van der Waals surface area (Å²) in [6.45, 7) is 3.74. The highest BCUT2D eigenvalue weighted by Gasteiger charge is 2.29. The van der Waals surface area contributed by atoms with Crippen molar-refractivity contribution in [2.45, 2.75) is 19.9 Å². The van der Waals surface area contributed by atoms with Gasteiger partial charge in [0, 0.05) is 11.3 Å². The van der Waals surface area contributed by atoms with E-state index in [0.717, 1.165) is 5.56 Å². The van der Waals surface area contributed by atoms with E-state index in [9.17, 15) is 14.4 Å². The summed E-state index contributed by atoms with van der Waals surface area (Å²) >= 11 is 0. The predicted octanol–water partition coefficient (Wildman–Crippen LogP) is 2.36. The summed E-state index contributed by atoms with van der Waals surface area (Å²) in [5, 5.41) is 5.44. The zero-order valence-electron chi connectivity index (χ0n) is 15.1. The van der Waals surface area contributed by atoms with Gasteiger partial charge in [-0.3, -0.25) is 9.59 Å². The Bertz CT molecular complexity index is 876. The second kappa shape index (κ2) is 7.90. The van der Waals surface area contributed by atoms with Crippen LogP contribution < -0.4 is 15.4 Å². The largest absolute Gasteiger partial charge is 0.483 e. The minimum absolute atomic E-state index is 0.143. The van der Waals surface area contributed by atoms with Gasteiger partial charge in [0.05, 0.1) is 12.2 Å². The molecule has 27 heavy (non-hydrogen) atoms. The molecule has 2 aromatic carbocycles. The fourth-order valence-electron chi connectivity index (χ4n) is 2.84. The standard InChI is InChI=1S/C20H20N2O5/c1-3-26-20(25)13-7-9-14(10-8-13)21-19(24)17-15-6-4-5-12(2)18(15)27-11-16(23)22-17/h4-10,17H,3,11H2,1-2H3,(H,21,24)(H,22,23). The molecule has 1 aliphatic heterocycles. The van der Waals surface area contributed by atoms with E-state index in [1.165, 1.54) is 0 Å². The maximum Gasteiger partial charge on any atom is 0.338 e. The van der Waals surface area contributed by atoms with Gasteiger partial charge in [-0.05, 0) is 43.7 Å². The zero-order chi connectivity index (χ0) is 19.4. The third-order valence-corrected chi connectivity index (χ3v) is 4.13. The molecule has 0 fully saturated rings. The molecule has 0 saturated heterocycles. The summed E-state index contributed by atoms with van der Waals surface area (Å²) in [4.78, 5) is 36.4. The van der Waals surface area contributed by atoms with Gasteiger partial charge in [0.25, 0.3) is 11.8 Å². The Labute approximate surface area is 156 Å². The van der Waals surface area contributed by atoms with Crippen molar-refractivity contribution in [1.29, 1.82) is 0 Å². The Morgan fingerprint density at radius 2 is 1.96 bits per heavy atom. The van der Waals surface area contributed by atoms with Crippen molar-refractivity contribution in [3.05, 3.63) is 59.2 Å². The van der Waals surface area contributed by atoms with Crippen LogP contribution >= 0.6 is 0 Å². The van der Waals surface area contributed by atoms with Gasteiger partial charge in [-0.15, -0.1) is 0 Å². The van der Waals surface area contributed by atoms with Crippen LogP contribution in [0, 0.1) is 6.92 Å². The molecular weight excluding hydrogens is 348 g/mol. The van der Waals surface area contributed by atoms with E-state index in [2.05, 4.69) is 10.6 Å². The first-order valence-electron chi connectivity index (χ1n) is 8.59. The van der Waals surface area contributed by atoms with Gasteiger partial charge < -0.3 is 20.1 Å². The highest BCUT2D eigenvalue weighted by atomic mass is 16.5. The topological polar surface area (TPSA) is 93.7 Å². The number of rotatable bonds is 4.